The van der Waals surface area contributed by atoms with Gasteiger partial charge in [-0.3, -0.25) is 4.79 Å². The smallest absolute Gasteiger partial charge is 0.224 e. The molecule has 5 heteroatoms. The van der Waals surface area contributed by atoms with Crippen molar-refractivity contribution in [1.29, 1.82) is 0 Å². The Balaban J connectivity index is 2.59. The van der Waals surface area contributed by atoms with Gasteiger partial charge in [0.25, 0.3) is 0 Å². The summed E-state index contributed by atoms with van der Waals surface area (Å²) in [4.78, 5) is 15.3. The molecule has 0 bridgehead atoms. The van der Waals surface area contributed by atoms with Crippen LogP contribution in [0, 0.1) is 5.92 Å². The largest absolute Gasteiger partial charge is 0.383 e. The first-order chi connectivity index (χ1) is 9.04. The summed E-state index contributed by atoms with van der Waals surface area (Å²) in [5, 5.41) is 2.02. The molecular formula is C14H24N2O2S. The lowest BCUT2D eigenvalue weighted by Gasteiger charge is -2.24. The van der Waals surface area contributed by atoms with E-state index in [1.54, 1.807) is 18.4 Å². The summed E-state index contributed by atoms with van der Waals surface area (Å²) >= 11 is 1.66. The van der Waals surface area contributed by atoms with Crippen molar-refractivity contribution >= 4 is 17.2 Å². The number of carbonyl (C=O) groups is 1. The van der Waals surface area contributed by atoms with E-state index in [1.165, 1.54) is 4.88 Å². The van der Waals surface area contributed by atoms with Gasteiger partial charge in [-0.25, -0.2) is 0 Å². The molecule has 1 aromatic heterocycles. The third kappa shape index (κ3) is 5.72. The van der Waals surface area contributed by atoms with Crippen LogP contribution >= 0.6 is 11.3 Å². The fourth-order valence-electron chi connectivity index (χ4n) is 1.65. The molecule has 0 aromatic carbocycles. The van der Waals surface area contributed by atoms with Gasteiger partial charge in [0.15, 0.2) is 0 Å². The van der Waals surface area contributed by atoms with Crippen molar-refractivity contribution in [2.45, 2.75) is 32.9 Å². The number of carbonyl (C=O) groups excluding carboxylic acids is 1. The van der Waals surface area contributed by atoms with E-state index in [0.29, 0.717) is 32.0 Å². The minimum absolute atomic E-state index is 0.0825. The fraction of sp³-hybridized carbons (Fsp3) is 0.643. The second-order valence-corrected chi connectivity index (χ2v) is 6.03. The molecule has 0 aliphatic rings. The summed E-state index contributed by atoms with van der Waals surface area (Å²) in [6, 6.07) is 3.96. The topological polar surface area (TPSA) is 55.6 Å². The van der Waals surface area contributed by atoms with Crippen LogP contribution in [0.5, 0.6) is 0 Å². The summed E-state index contributed by atoms with van der Waals surface area (Å²) in [7, 11) is 1.65. The number of nitrogens with zero attached hydrogens (tertiary/aromatic N) is 1. The second-order valence-electron chi connectivity index (χ2n) is 5.00. The van der Waals surface area contributed by atoms with Crippen LogP contribution in [0.15, 0.2) is 17.5 Å². The summed E-state index contributed by atoms with van der Waals surface area (Å²) in [5.74, 6) is 0.418. The molecule has 0 fully saturated rings. The molecule has 4 nitrogen and oxygen atoms in total. The Hall–Kier alpha value is -0.910. The highest BCUT2D eigenvalue weighted by Gasteiger charge is 2.19. The monoisotopic (exact) mass is 284 g/mol. The molecule has 108 valence electrons. The highest BCUT2D eigenvalue weighted by atomic mass is 32.1. The van der Waals surface area contributed by atoms with Crippen LogP contribution in [0.1, 0.15) is 25.1 Å². The van der Waals surface area contributed by atoms with Crippen molar-refractivity contribution in [2.75, 3.05) is 20.3 Å². The van der Waals surface area contributed by atoms with Gasteiger partial charge in [-0.2, -0.15) is 0 Å². The average molecular weight is 284 g/mol. The van der Waals surface area contributed by atoms with Gasteiger partial charge in [0.05, 0.1) is 13.2 Å². The van der Waals surface area contributed by atoms with E-state index in [1.807, 2.05) is 36.3 Å². The van der Waals surface area contributed by atoms with E-state index < -0.39 is 0 Å². The Labute approximate surface area is 119 Å². The molecular weight excluding hydrogens is 260 g/mol. The number of nitrogens with two attached hydrogens (primary N) is 1. The maximum absolute atomic E-state index is 12.3. The van der Waals surface area contributed by atoms with Crippen LogP contribution in [0.4, 0.5) is 0 Å². The number of thiophene rings is 1. The van der Waals surface area contributed by atoms with Gasteiger partial charge in [0.1, 0.15) is 0 Å². The van der Waals surface area contributed by atoms with E-state index in [4.69, 9.17) is 10.5 Å². The Morgan fingerprint density at radius 1 is 1.53 bits per heavy atom. The Morgan fingerprint density at radius 2 is 2.26 bits per heavy atom. The molecule has 19 heavy (non-hydrogen) atoms. The minimum Gasteiger partial charge on any atom is -0.383 e. The van der Waals surface area contributed by atoms with Gasteiger partial charge in [0.2, 0.25) is 5.91 Å². The molecule has 1 rings (SSSR count). The first-order valence-corrected chi connectivity index (χ1v) is 7.47. The molecule has 1 unspecified atom stereocenters. The van der Waals surface area contributed by atoms with E-state index in [-0.39, 0.29) is 11.9 Å². The van der Waals surface area contributed by atoms with Crippen molar-refractivity contribution in [3.8, 4) is 0 Å². The molecule has 0 spiro atoms. The summed E-state index contributed by atoms with van der Waals surface area (Å²) in [6.07, 6.45) is 0.396. The molecule has 0 saturated carbocycles. The van der Waals surface area contributed by atoms with Gasteiger partial charge < -0.3 is 15.4 Å². The Bertz CT molecular complexity index is 366. The lowest BCUT2D eigenvalue weighted by Crippen LogP contribution is -2.39. The lowest BCUT2D eigenvalue weighted by molar-refractivity contribution is -0.133. The van der Waals surface area contributed by atoms with Crippen LogP contribution < -0.4 is 5.73 Å². The normalized spacial score (nSPS) is 12.7. The van der Waals surface area contributed by atoms with E-state index in [0.717, 1.165) is 0 Å². The average Bonchev–Trinajstić information content (AvgIpc) is 2.86. The highest BCUT2D eigenvalue weighted by molar-refractivity contribution is 7.09. The van der Waals surface area contributed by atoms with Crippen LogP contribution in [-0.2, 0) is 16.1 Å². The van der Waals surface area contributed by atoms with Gasteiger partial charge >= 0.3 is 0 Å². The molecule has 1 amide bonds. The zero-order valence-electron chi connectivity index (χ0n) is 12.0. The molecule has 1 aromatic rings. The number of hydrogen-bond donors (Lipinski definition) is 1. The zero-order chi connectivity index (χ0) is 14.3. The predicted octanol–water partition coefficient (Wildman–Crippen LogP) is 2.10. The number of methoxy groups -OCH3 is 1. The van der Waals surface area contributed by atoms with E-state index >= 15 is 0 Å². The van der Waals surface area contributed by atoms with E-state index in [9.17, 15) is 4.79 Å². The Kier molecular flexibility index (Phi) is 7.05. The van der Waals surface area contributed by atoms with Crippen molar-refractivity contribution in [1.82, 2.24) is 4.90 Å². The molecule has 0 aliphatic carbocycles. The fourth-order valence-corrected chi connectivity index (χ4v) is 2.37. The number of rotatable bonds is 8. The van der Waals surface area contributed by atoms with Gasteiger partial charge in [-0.05, 0) is 17.4 Å². The zero-order valence-corrected chi connectivity index (χ0v) is 12.8. The van der Waals surface area contributed by atoms with Crippen LogP contribution in [-0.4, -0.2) is 37.1 Å². The standard InChI is InChI=1S/C14H24N2O2S/c1-11(2)13(15)9-14(17)16(6-7-18-3)10-12-5-4-8-19-12/h4-5,8,11,13H,6-7,9-10,15H2,1-3H3. The van der Waals surface area contributed by atoms with Crippen molar-refractivity contribution in [3.05, 3.63) is 22.4 Å². The van der Waals surface area contributed by atoms with Crippen LogP contribution in [0.3, 0.4) is 0 Å². The van der Waals surface area contributed by atoms with Crippen molar-refractivity contribution in [3.63, 3.8) is 0 Å². The first-order valence-electron chi connectivity index (χ1n) is 6.59. The van der Waals surface area contributed by atoms with Gasteiger partial charge in [0, 0.05) is 31.0 Å². The van der Waals surface area contributed by atoms with Gasteiger partial charge in [-0.1, -0.05) is 19.9 Å². The predicted molar refractivity (Wildman–Crippen MR) is 79.0 cm³/mol. The lowest BCUT2D eigenvalue weighted by atomic mass is 10.0. The quantitative estimate of drug-likeness (QED) is 0.795. The molecule has 1 heterocycles. The minimum atomic E-state index is -0.0825. The number of hydrogen-bond acceptors (Lipinski definition) is 4. The number of amides is 1. The molecule has 0 saturated heterocycles. The van der Waals surface area contributed by atoms with Crippen LogP contribution in [0.25, 0.3) is 0 Å². The Morgan fingerprint density at radius 3 is 2.79 bits per heavy atom. The third-order valence-corrected chi connectivity index (χ3v) is 3.97. The molecule has 1 atom stereocenters. The summed E-state index contributed by atoms with van der Waals surface area (Å²) in [6.45, 7) is 5.88. The van der Waals surface area contributed by atoms with Crippen molar-refractivity contribution < 1.29 is 9.53 Å². The summed E-state index contributed by atoms with van der Waals surface area (Å²) < 4.78 is 5.07. The molecule has 0 radical (unpaired) electrons. The second kappa shape index (κ2) is 8.30. The van der Waals surface area contributed by atoms with Gasteiger partial charge in [-0.15, -0.1) is 11.3 Å². The van der Waals surface area contributed by atoms with E-state index in [2.05, 4.69) is 0 Å². The maximum atomic E-state index is 12.3. The molecule has 0 aliphatic heterocycles. The SMILES string of the molecule is COCCN(Cc1cccs1)C(=O)CC(N)C(C)C. The van der Waals surface area contributed by atoms with Crippen LogP contribution in [0.2, 0.25) is 0 Å². The third-order valence-electron chi connectivity index (χ3n) is 3.11. The highest BCUT2D eigenvalue weighted by Crippen LogP contribution is 2.14. The first kappa shape index (κ1) is 16.1. The summed E-state index contributed by atoms with van der Waals surface area (Å²) in [5.41, 5.74) is 5.98. The van der Waals surface area contributed by atoms with Crippen molar-refractivity contribution in [2.24, 2.45) is 11.7 Å². The maximum Gasteiger partial charge on any atom is 0.224 e. The number of ether oxygens (including phenoxy) is 1. The molecule has 2 N–H and O–H groups in total.